The van der Waals surface area contributed by atoms with Crippen molar-refractivity contribution in [3.63, 3.8) is 0 Å². The van der Waals surface area contributed by atoms with E-state index in [9.17, 15) is 26.3 Å². The fourth-order valence-corrected chi connectivity index (χ4v) is 1.73. The van der Waals surface area contributed by atoms with Gasteiger partial charge in [0.1, 0.15) is 0 Å². The molecule has 120 valence electrons. The Kier molecular flexibility index (Phi) is 5.67. The maximum absolute atomic E-state index is 12.7. The zero-order valence-corrected chi connectivity index (χ0v) is 11.7. The number of nitrogens with one attached hydrogen (secondary N) is 1. The summed E-state index contributed by atoms with van der Waals surface area (Å²) in [5, 5.41) is 2.88. The van der Waals surface area contributed by atoms with Crippen molar-refractivity contribution in [2.45, 2.75) is 39.2 Å². The molecule has 0 spiro atoms. The zero-order valence-electron chi connectivity index (χ0n) is 11.7. The van der Waals surface area contributed by atoms with Crippen LogP contribution >= 0.6 is 0 Å². The molecular formula is C14H17F6N. The predicted molar refractivity (Wildman–Crippen MR) is 67.6 cm³/mol. The summed E-state index contributed by atoms with van der Waals surface area (Å²) in [7, 11) is 0. The van der Waals surface area contributed by atoms with Gasteiger partial charge in [-0.15, -0.1) is 0 Å². The van der Waals surface area contributed by atoms with E-state index in [4.69, 9.17) is 0 Å². The van der Waals surface area contributed by atoms with Gasteiger partial charge in [0.25, 0.3) is 0 Å². The summed E-state index contributed by atoms with van der Waals surface area (Å²) in [6, 6.07) is 1.63. The molecule has 0 radical (unpaired) electrons. The Balaban J connectivity index is 2.98. The third kappa shape index (κ3) is 5.57. The van der Waals surface area contributed by atoms with Crippen molar-refractivity contribution in [3.05, 3.63) is 34.9 Å². The van der Waals surface area contributed by atoms with E-state index in [1.54, 1.807) is 0 Å². The fraction of sp³-hybridized carbons (Fsp3) is 0.571. The molecule has 21 heavy (non-hydrogen) atoms. The van der Waals surface area contributed by atoms with Gasteiger partial charge >= 0.3 is 12.4 Å². The Hall–Kier alpha value is -1.24. The monoisotopic (exact) mass is 313 g/mol. The molecule has 1 unspecified atom stereocenters. The van der Waals surface area contributed by atoms with Gasteiger partial charge in [-0.05, 0) is 36.2 Å². The van der Waals surface area contributed by atoms with Crippen molar-refractivity contribution in [2.75, 3.05) is 6.54 Å². The van der Waals surface area contributed by atoms with Gasteiger partial charge in [-0.25, -0.2) is 0 Å². The normalized spacial score (nSPS) is 14.3. The van der Waals surface area contributed by atoms with Gasteiger partial charge in [0, 0.05) is 6.54 Å². The Bertz CT molecular complexity index is 431. The fourth-order valence-electron chi connectivity index (χ4n) is 1.73. The maximum Gasteiger partial charge on any atom is 0.416 e. The van der Waals surface area contributed by atoms with Crippen LogP contribution in [0.15, 0.2) is 18.2 Å². The molecule has 0 saturated carbocycles. The minimum Gasteiger partial charge on any atom is -0.312 e. The van der Waals surface area contributed by atoms with E-state index in [1.165, 1.54) is 0 Å². The van der Waals surface area contributed by atoms with Crippen molar-refractivity contribution >= 4 is 0 Å². The minimum atomic E-state index is -4.80. The first-order valence-corrected chi connectivity index (χ1v) is 6.53. The van der Waals surface area contributed by atoms with Gasteiger partial charge in [0.05, 0.1) is 11.1 Å². The predicted octanol–water partition coefficient (Wildman–Crippen LogP) is 4.86. The quantitative estimate of drug-likeness (QED) is 0.766. The SMILES string of the molecule is CCC(C)CNCc1cc(C(F)(F)F)cc(C(F)(F)F)c1. The minimum absolute atomic E-state index is 0.0274. The largest absolute Gasteiger partial charge is 0.416 e. The highest BCUT2D eigenvalue weighted by molar-refractivity contribution is 5.33. The van der Waals surface area contributed by atoms with Crippen LogP contribution in [0.1, 0.15) is 37.0 Å². The van der Waals surface area contributed by atoms with Crippen LogP contribution in [0.2, 0.25) is 0 Å². The molecule has 1 rings (SSSR count). The first kappa shape index (κ1) is 17.8. The van der Waals surface area contributed by atoms with Gasteiger partial charge in [0.15, 0.2) is 0 Å². The summed E-state index contributed by atoms with van der Waals surface area (Å²) in [5.74, 6) is 0.304. The van der Waals surface area contributed by atoms with Gasteiger partial charge < -0.3 is 5.32 Å². The maximum atomic E-state index is 12.7. The van der Waals surface area contributed by atoms with Crippen LogP contribution in [-0.2, 0) is 18.9 Å². The van der Waals surface area contributed by atoms with E-state index >= 15 is 0 Å². The number of hydrogen-bond acceptors (Lipinski definition) is 1. The third-order valence-electron chi connectivity index (χ3n) is 3.17. The van der Waals surface area contributed by atoms with E-state index in [0.29, 0.717) is 12.5 Å². The highest BCUT2D eigenvalue weighted by Crippen LogP contribution is 2.36. The van der Waals surface area contributed by atoms with E-state index < -0.39 is 23.5 Å². The second-order valence-electron chi connectivity index (χ2n) is 5.06. The van der Waals surface area contributed by atoms with Gasteiger partial charge in [-0.3, -0.25) is 0 Å². The molecule has 0 fully saturated rings. The lowest BCUT2D eigenvalue weighted by Gasteiger charge is -2.15. The van der Waals surface area contributed by atoms with E-state index in [0.717, 1.165) is 18.6 Å². The molecule has 1 nitrogen and oxygen atoms in total. The summed E-state index contributed by atoms with van der Waals surface area (Å²) in [5.41, 5.74) is -2.59. The molecule has 1 atom stereocenters. The number of hydrogen-bond donors (Lipinski definition) is 1. The van der Waals surface area contributed by atoms with Crippen molar-refractivity contribution in [3.8, 4) is 0 Å². The van der Waals surface area contributed by atoms with Gasteiger partial charge in [0.2, 0.25) is 0 Å². The molecule has 0 aromatic heterocycles. The number of benzene rings is 1. The van der Waals surface area contributed by atoms with Gasteiger partial charge in [-0.2, -0.15) is 26.3 Å². The topological polar surface area (TPSA) is 12.0 Å². The number of halogens is 6. The average Bonchev–Trinajstić information content (AvgIpc) is 2.36. The zero-order chi connectivity index (χ0) is 16.3. The Morgan fingerprint density at radius 2 is 1.43 bits per heavy atom. The van der Waals surface area contributed by atoms with Crippen molar-refractivity contribution in [1.29, 1.82) is 0 Å². The molecule has 0 aliphatic carbocycles. The molecular weight excluding hydrogens is 296 g/mol. The summed E-state index contributed by atoms with van der Waals surface area (Å²) in [4.78, 5) is 0. The summed E-state index contributed by atoms with van der Waals surface area (Å²) >= 11 is 0. The Labute approximate surface area is 119 Å². The van der Waals surface area contributed by atoms with E-state index in [-0.39, 0.29) is 18.2 Å². The highest BCUT2D eigenvalue weighted by Gasteiger charge is 2.36. The Morgan fingerprint density at radius 3 is 1.81 bits per heavy atom. The standard InChI is InChI=1S/C14H17F6N/c1-3-9(2)7-21-8-10-4-11(13(15,16)17)6-12(5-10)14(18,19)20/h4-6,9,21H,3,7-8H2,1-2H3. The summed E-state index contributed by atoms with van der Waals surface area (Å²) in [6.07, 6.45) is -8.72. The second-order valence-corrected chi connectivity index (χ2v) is 5.06. The van der Waals surface area contributed by atoms with Crippen LogP contribution in [0.3, 0.4) is 0 Å². The molecule has 0 saturated heterocycles. The lowest BCUT2D eigenvalue weighted by molar-refractivity contribution is -0.143. The third-order valence-corrected chi connectivity index (χ3v) is 3.17. The molecule has 7 heteroatoms. The van der Waals surface area contributed by atoms with E-state index in [2.05, 4.69) is 5.32 Å². The molecule has 0 amide bonds. The van der Waals surface area contributed by atoms with Crippen LogP contribution in [0.4, 0.5) is 26.3 Å². The molecule has 0 aliphatic heterocycles. The first-order chi connectivity index (χ1) is 9.54. The smallest absolute Gasteiger partial charge is 0.312 e. The molecule has 0 bridgehead atoms. The summed E-state index contributed by atoms with van der Waals surface area (Å²) in [6.45, 7) is 4.41. The number of rotatable bonds is 5. The lowest BCUT2D eigenvalue weighted by atomic mass is 10.0. The molecule has 0 aliphatic rings. The van der Waals surface area contributed by atoms with Crippen LogP contribution in [0.25, 0.3) is 0 Å². The van der Waals surface area contributed by atoms with E-state index in [1.807, 2.05) is 13.8 Å². The van der Waals surface area contributed by atoms with Crippen LogP contribution in [0.5, 0.6) is 0 Å². The average molecular weight is 313 g/mol. The first-order valence-electron chi connectivity index (χ1n) is 6.53. The number of alkyl halides is 6. The van der Waals surface area contributed by atoms with Crippen molar-refractivity contribution in [2.24, 2.45) is 5.92 Å². The lowest BCUT2D eigenvalue weighted by Crippen LogP contribution is -2.21. The van der Waals surface area contributed by atoms with Gasteiger partial charge in [-0.1, -0.05) is 20.3 Å². The Morgan fingerprint density at radius 1 is 0.952 bits per heavy atom. The molecule has 1 aromatic rings. The molecule has 1 aromatic carbocycles. The molecule has 1 N–H and O–H groups in total. The van der Waals surface area contributed by atoms with Crippen LogP contribution in [0, 0.1) is 5.92 Å². The second kappa shape index (κ2) is 6.68. The van der Waals surface area contributed by atoms with Crippen LogP contribution < -0.4 is 5.32 Å². The molecule has 0 heterocycles. The van der Waals surface area contributed by atoms with Crippen LogP contribution in [-0.4, -0.2) is 6.54 Å². The highest BCUT2D eigenvalue weighted by atomic mass is 19.4. The van der Waals surface area contributed by atoms with Crippen molar-refractivity contribution < 1.29 is 26.3 Å². The summed E-state index contributed by atoms with van der Waals surface area (Å²) < 4.78 is 75.9. The van der Waals surface area contributed by atoms with Crippen molar-refractivity contribution in [1.82, 2.24) is 5.32 Å².